The molecular formula is C9H14N2O3S. The van der Waals surface area contributed by atoms with Gasteiger partial charge in [0.1, 0.15) is 6.42 Å². The topological polar surface area (TPSA) is 49.9 Å². The van der Waals surface area contributed by atoms with Crippen molar-refractivity contribution in [2.45, 2.75) is 12.8 Å². The number of rotatable bonds is 4. The molecule has 0 aliphatic carbocycles. The number of nitrogens with zero attached hydrogens (tertiary/aromatic N) is 2. The van der Waals surface area contributed by atoms with Gasteiger partial charge in [0.05, 0.1) is 0 Å². The number of amides is 2. The molecule has 1 aliphatic heterocycles. The molecule has 6 heteroatoms. The van der Waals surface area contributed by atoms with Crippen molar-refractivity contribution >= 4 is 29.1 Å². The summed E-state index contributed by atoms with van der Waals surface area (Å²) >= 11 is 5.02. The minimum absolute atomic E-state index is 0.0936. The zero-order valence-electron chi connectivity index (χ0n) is 8.86. The van der Waals surface area contributed by atoms with E-state index in [2.05, 4.69) is 0 Å². The average molecular weight is 230 g/mol. The summed E-state index contributed by atoms with van der Waals surface area (Å²) in [6.45, 7) is 1.08. The number of hydrogen-bond acceptors (Lipinski definition) is 4. The third-order valence-electron chi connectivity index (χ3n) is 2.23. The van der Waals surface area contributed by atoms with Gasteiger partial charge in [0.2, 0.25) is 11.8 Å². The van der Waals surface area contributed by atoms with Gasteiger partial charge in [-0.15, -0.1) is 0 Å². The van der Waals surface area contributed by atoms with Gasteiger partial charge in [0, 0.05) is 27.3 Å². The van der Waals surface area contributed by atoms with Gasteiger partial charge in [-0.25, -0.2) is 0 Å². The van der Waals surface area contributed by atoms with Gasteiger partial charge in [0.25, 0.3) is 0 Å². The van der Waals surface area contributed by atoms with E-state index in [0.717, 1.165) is 0 Å². The van der Waals surface area contributed by atoms with Crippen LogP contribution in [-0.4, -0.2) is 54.0 Å². The average Bonchev–Trinajstić information content (AvgIpc) is 2.20. The molecule has 1 saturated heterocycles. The van der Waals surface area contributed by atoms with Crippen LogP contribution < -0.4 is 0 Å². The van der Waals surface area contributed by atoms with E-state index >= 15 is 0 Å². The normalized spacial score (nSPS) is 17.6. The smallest absolute Gasteiger partial charge is 0.238 e. The maximum Gasteiger partial charge on any atom is 0.238 e. The van der Waals surface area contributed by atoms with Crippen molar-refractivity contribution in [2.24, 2.45) is 0 Å². The van der Waals surface area contributed by atoms with Crippen molar-refractivity contribution in [3.8, 4) is 0 Å². The molecule has 0 atom stereocenters. The molecule has 0 unspecified atom stereocenters. The van der Waals surface area contributed by atoms with Crippen LogP contribution in [0.4, 0.5) is 0 Å². The number of carbonyl (C=O) groups is 2. The van der Waals surface area contributed by atoms with Crippen molar-refractivity contribution in [3.05, 3.63) is 0 Å². The Hall–Kier alpha value is -1.01. The zero-order valence-corrected chi connectivity index (χ0v) is 9.67. The molecular weight excluding hydrogens is 216 g/mol. The first kappa shape index (κ1) is 12.1. The van der Waals surface area contributed by atoms with Gasteiger partial charge in [-0.3, -0.25) is 19.4 Å². The number of hydrogen-bond donors (Lipinski definition) is 0. The monoisotopic (exact) mass is 230 g/mol. The van der Waals surface area contributed by atoms with Crippen LogP contribution in [0, 0.1) is 0 Å². The fourth-order valence-corrected chi connectivity index (χ4v) is 1.62. The molecule has 0 N–H and O–H groups in total. The lowest BCUT2D eigenvalue weighted by atomic mass is 10.2. The van der Waals surface area contributed by atoms with Crippen molar-refractivity contribution in [2.75, 3.05) is 27.3 Å². The Morgan fingerprint density at radius 3 is 2.67 bits per heavy atom. The van der Waals surface area contributed by atoms with Crippen LogP contribution in [0.15, 0.2) is 0 Å². The van der Waals surface area contributed by atoms with Crippen LogP contribution in [0.5, 0.6) is 0 Å². The molecule has 0 aromatic heterocycles. The summed E-state index contributed by atoms with van der Waals surface area (Å²) in [6, 6.07) is 0. The Morgan fingerprint density at radius 2 is 2.07 bits per heavy atom. The van der Waals surface area contributed by atoms with Crippen molar-refractivity contribution in [3.63, 3.8) is 0 Å². The first-order chi connectivity index (χ1) is 7.07. The van der Waals surface area contributed by atoms with E-state index < -0.39 is 0 Å². The number of carbonyl (C=O) groups excluding carboxylic acids is 2. The Kier molecular flexibility index (Phi) is 4.16. The van der Waals surface area contributed by atoms with Crippen LogP contribution in [0.25, 0.3) is 0 Å². The minimum Gasteiger partial charge on any atom is -0.385 e. The highest BCUT2D eigenvalue weighted by molar-refractivity contribution is 7.80. The van der Waals surface area contributed by atoms with Crippen molar-refractivity contribution < 1.29 is 14.3 Å². The van der Waals surface area contributed by atoms with E-state index in [1.165, 1.54) is 9.80 Å². The molecule has 0 radical (unpaired) electrons. The third kappa shape index (κ3) is 2.73. The molecule has 0 spiro atoms. The van der Waals surface area contributed by atoms with E-state index in [-0.39, 0.29) is 23.3 Å². The third-order valence-corrected chi connectivity index (χ3v) is 2.72. The SMILES string of the molecule is COCCCN1C(=O)CC(=O)N(C)C1=S. The minimum atomic E-state index is -0.243. The summed E-state index contributed by atoms with van der Waals surface area (Å²) in [4.78, 5) is 25.6. The molecule has 84 valence electrons. The number of methoxy groups -OCH3 is 1. The zero-order chi connectivity index (χ0) is 11.4. The van der Waals surface area contributed by atoms with Gasteiger partial charge in [0.15, 0.2) is 5.11 Å². The first-order valence-corrected chi connectivity index (χ1v) is 5.08. The molecule has 0 saturated carbocycles. The summed E-state index contributed by atoms with van der Waals surface area (Å²) in [5.41, 5.74) is 0. The van der Waals surface area contributed by atoms with Gasteiger partial charge in [-0.1, -0.05) is 0 Å². The lowest BCUT2D eigenvalue weighted by Gasteiger charge is -2.33. The largest absolute Gasteiger partial charge is 0.385 e. The van der Waals surface area contributed by atoms with Crippen molar-refractivity contribution in [1.29, 1.82) is 0 Å². The first-order valence-electron chi connectivity index (χ1n) is 4.67. The van der Waals surface area contributed by atoms with E-state index in [0.29, 0.717) is 19.6 Å². The lowest BCUT2D eigenvalue weighted by Crippen LogP contribution is -2.53. The van der Waals surface area contributed by atoms with E-state index in [1.54, 1.807) is 14.2 Å². The van der Waals surface area contributed by atoms with E-state index in [1.807, 2.05) is 0 Å². The summed E-state index contributed by atoms with van der Waals surface area (Å²) < 4.78 is 4.89. The van der Waals surface area contributed by atoms with Crippen LogP contribution >= 0.6 is 12.2 Å². The Balaban J connectivity index is 2.58. The molecule has 0 bridgehead atoms. The predicted octanol–water partition coefficient (Wildman–Crippen LogP) is -0.00150. The van der Waals surface area contributed by atoms with Gasteiger partial charge in [-0.05, 0) is 18.6 Å². The fraction of sp³-hybridized carbons (Fsp3) is 0.667. The summed E-state index contributed by atoms with van der Waals surface area (Å²) in [6.07, 6.45) is 0.619. The molecule has 1 fully saturated rings. The predicted molar refractivity (Wildman–Crippen MR) is 58.2 cm³/mol. The van der Waals surface area contributed by atoms with Gasteiger partial charge >= 0.3 is 0 Å². The molecule has 1 heterocycles. The quantitative estimate of drug-likeness (QED) is 0.387. The van der Waals surface area contributed by atoms with Crippen LogP contribution in [0.1, 0.15) is 12.8 Å². The second kappa shape index (κ2) is 5.18. The number of thiocarbonyl (C=S) groups is 1. The molecule has 0 aromatic rings. The Bertz CT molecular complexity index is 293. The highest BCUT2D eigenvalue weighted by Crippen LogP contribution is 2.10. The van der Waals surface area contributed by atoms with Crippen LogP contribution in [0.3, 0.4) is 0 Å². The number of ether oxygens (including phenoxy) is 1. The van der Waals surface area contributed by atoms with Crippen LogP contribution in [-0.2, 0) is 14.3 Å². The maximum absolute atomic E-state index is 11.5. The maximum atomic E-state index is 11.5. The standard InChI is InChI=1S/C9H14N2O3S/c1-10-7(12)6-8(13)11(9(10)15)4-3-5-14-2/h3-6H2,1-2H3. The van der Waals surface area contributed by atoms with E-state index in [4.69, 9.17) is 17.0 Å². The lowest BCUT2D eigenvalue weighted by molar-refractivity contribution is -0.139. The Morgan fingerprint density at radius 1 is 1.40 bits per heavy atom. The molecule has 15 heavy (non-hydrogen) atoms. The molecule has 1 aliphatic rings. The van der Waals surface area contributed by atoms with E-state index in [9.17, 15) is 9.59 Å². The molecule has 1 rings (SSSR count). The molecule has 2 amide bonds. The summed E-state index contributed by atoms with van der Waals surface area (Å²) in [5.74, 6) is -0.466. The highest BCUT2D eigenvalue weighted by Gasteiger charge is 2.31. The second-order valence-electron chi connectivity index (χ2n) is 3.30. The second-order valence-corrected chi connectivity index (χ2v) is 3.67. The fourth-order valence-electron chi connectivity index (χ4n) is 1.33. The Labute approximate surface area is 94.0 Å². The summed E-state index contributed by atoms with van der Waals surface area (Å²) in [5, 5.41) is 0.285. The van der Waals surface area contributed by atoms with Crippen LogP contribution in [0.2, 0.25) is 0 Å². The van der Waals surface area contributed by atoms with Gasteiger partial charge in [-0.2, -0.15) is 0 Å². The van der Waals surface area contributed by atoms with Gasteiger partial charge < -0.3 is 4.74 Å². The highest BCUT2D eigenvalue weighted by atomic mass is 32.1. The van der Waals surface area contributed by atoms with Crippen molar-refractivity contribution in [1.82, 2.24) is 9.80 Å². The molecule has 5 nitrogen and oxygen atoms in total. The molecule has 0 aromatic carbocycles. The summed E-state index contributed by atoms with van der Waals surface area (Å²) in [7, 11) is 3.19.